The Balaban J connectivity index is 2.59. The molecule has 0 atom stereocenters. The third-order valence-electron chi connectivity index (χ3n) is 2.37. The van der Waals surface area contributed by atoms with E-state index in [4.69, 9.17) is 4.74 Å². The Morgan fingerprint density at radius 2 is 2.18 bits per heavy atom. The van der Waals surface area contributed by atoms with Crippen molar-refractivity contribution in [2.75, 3.05) is 7.11 Å². The van der Waals surface area contributed by atoms with Gasteiger partial charge in [-0.1, -0.05) is 0 Å². The molecule has 1 aromatic heterocycles. The Labute approximate surface area is 97.9 Å². The number of ether oxygens (including phenoxy) is 1. The lowest BCUT2D eigenvalue weighted by Gasteiger charge is -2.08. The summed E-state index contributed by atoms with van der Waals surface area (Å²) in [5, 5.41) is 0. The first kappa shape index (κ1) is 11.3. The van der Waals surface area contributed by atoms with Crippen molar-refractivity contribution in [2.24, 2.45) is 0 Å². The van der Waals surface area contributed by atoms with E-state index in [0.717, 1.165) is 0 Å². The molecule has 0 spiro atoms. The minimum Gasteiger partial charge on any atom is -0.496 e. The van der Waals surface area contributed by atoms with Gasteiger partial charge in [-0.05, 0) is 29.8 Å². The standard InChI is InChI=1S/C13H10FNO2/c1-17-13-2-3-15-7-12(13)10-4-9(8-16)5-11(14)6-10/h2-8H,1H3. The van der Waals surface area contributed by atoms with Crippen molar-refractivity contribution in [1.29, 1.82) is 0 Å². The minimum absolute atomic E-state index is 0.283. The summed E-state index contributed by atoms with van der Waals surface area (Å²) >= 11 is 0. The normalized spacial score (nSPS) is 10.0. The Morgan fingerprint density at radius 3 is 2.88 bits per heavy atom. The van der Waals surface area contributed by atoms with Crippen LogP contribution in [0.4, 0.5) is 4.39 Å². The van der Waals surface area contributed by atoms with E-state index in [-0.39, 0.29) is 5.56 Å². The highest BCUT2D eigenvalue weighted by molar-refractivity contribution is 5.80. The maximum atomic E-state index is 13.3. The molecule has 17 heavy (non-hydrogen) atoms. The van der Waals surface area contributed by atoms with Crippen molar-refractivity contribution in [1.82, 2.24) is 4.98 Å². The number of carbonyl (C=O) groups is 1. The first-order chi connectivity index (χ1) is 8.24. The maximum Gasteiger partial charge on any atom is 0.150 e. The van der Waals surface area contributed by atoms with E-state index < -0.39 is 5.82 Å². The second-order valence-corrected chi connectivity index (χ2v) is 3.47. The number of aldehydes is 1. The van der Waals surface area contributed by atoms with Gasteiger partial charge < -0.3 is 4.74 Å². The first-order valence-corrected chi connectivity index (χ1v) is 4.98. The molecule has 0 saturated heterocycles. The Kier molecular flexibility index (Phi) is 3.14. The molecule has 1 aromatic carbocycles. The third-order valence-corrected chi connectivity index (χ3v) is 2.37. The summed E-state index contributed by atoms with van der Waals surface area (Å²) in [5.41, 5.74) is 1.50. The van der Waals surface area contributed by atoms with Crippen molar-refractivity contribution in [2.45, 2.75) is 0 Å². The monoisotopic (exact) mass is 231 g/mol. The van der Waals surface area contributed by atoms with Gasteiger partial charge in [0.05, 0.1) is 7.11 Å². The van der Waals surface area contributed by atoms with Crippen LogP contribution in [0.1, 0.15) is 10.4 Å². The molecule has 0 amide bonds. The van der Waals surface area contributed by atoms with Gasteiger partial charge in [-0.15, -0.1) is 0 Å². The number of benzene rings is 1. The molecular weight excluding hydrogens is 221 g/mol. The molecule has 0 N–H and O–H groups in total. The van der Waals surface area contributed by atoms with Crippen molar-refractivity contribution >= 4 is 6.29 Å². The zero-order chi connectivity index (χ0) is 12.3. The molecule has 0 bridgehead atoms. The quantitative estimate of drug-likeness (QED) is 0.762. The molecule has 1 heterocycles. The molecule has 0 aliphatic rings. The number of nitrogens with zero attached hydrogens (tertiary/aromatic N) is 1. The fraction of sp³-hybridized carbons (Fsp3) is 0.0769. The van der Waals surface area contributed by atoms with E-state index in [1.165, 1.54) is 19.2 Å². The van der Waals surface area contributed by atoms with Gasteiger partial charge in [0.1, 0.15) is 17.9 Å². The number of methoxy groups -OCH3 is 1. The van der Waals surface area contributed by atoms with Gasteiger partial charge in [-0.3, -0.25) is 9.78 Å². The molecule has 0 aliphatic carbocycles. The maximum absolute atomic E-state index is 13.3. The smallest absolute Gasteiger partial charge is 0.150 e. The molecule has 0 radical (unpaired) electrons. The van der Waals surface area contributed by atoms with E-state index in [0.29, 0.717) is 23.2 Å². The van der Waals surface area contributed by atoms with Crippen LogP contribution in [0.3, 0.4) is 0 Å². The SMILES string of the molecule is COc1ccncc1-c1cc(F)cc(C=O)c1. The second kappa shape index (κ2) is 4.74. The fourth-order valence-corrected chi connectivity index (χ4v) is 1.61. The van der Waals surface area contributed by atoms with E-state index in [2.05, 4.69) is 4.98 Å². The highest BCUT2D eigenvalue weighted by atomic mass is 19.1. The predicted molar refractivity (Wildman–Crippen MR) is 61.6 cm³/mol. The zero-order valence-corrected chi connectivity index (χ0v) is 9.18. The van der Waals surface area contributed by atoms with Gasteiger partial charge in [0.15, 0.2) is 0 Å². The summed E-state index contributed by atoms with van der Waals surface area (Å²) in [6.45, 7) is 0. The van der Waals surface area contributed by atoms with Gasteiger partial charge in [-0.2, -0.15) is 0 Å². The zero-order valence-electron chi connectivity index (χ0n) is 9.18. The molecule has 3 nitrogen and oxygen atoms in total. The number of pyridine rings is 1. The number of carbonyl (C=O) groups excluding carboxylic acids is 1. The minimum atomic E-state index is -0.462. The van der Waals surface area contributed by atoms with Crippen LogP contribution < -0.4 is 4.74 Å². The molecule has 86 valence electrons. The van der Waals surface area contributed by atoms with Crippen molar-refractivity contribution in [3.63, 3.8) is 0 Å². The average molecular weight is 231 g/mol. The largest absolute Gasteiger partial charge is 0.496 e. The summed E-state index contributed by atoms with van der Waals surface area (Å²) in [6.07, 6.45) is 3.76. The molecule has 0 aliphatic heterocycles. The summed E-state index contributed by atoms with van der Waals surface area (Å²) in [4.78, 5) is 14.6. The molecule has 2 rings (SSSR count). The number of halogens is 1. The fourth-order valence-electron chi connectivity index (χ4n) is 1.61. The summed E-state index contributed by atoms with van der Waals surface area (Å²) in [5.74, 6) is 0.123. The van der Waals surface area contributed by atoms with Crippen molar-refractivity contribution in [3.05, 3.63) is 48.0 Å². The van der Waals surface area contributed by atoms with Gasteiger partial charge in [-0.25, -0.2) is 4.39 Å². The van der Waals surface area contributed by atoms with Crippen molar-refractivity contribution < 1.29 is 13.9 Å². The van der Waals surface area contributed by atoms with E-state index in [1.807, 2.05) is 0 Å². The Morgan fingerprint density at radius 1 is 1.35 bits per heavy atom. The second-order valence-electron chi connectivity index (χ2n) is 3.47. The Hall–Kier alpha value is -2.23. The number of rotatable bonds is 3. The molecule has 0 unspecified atom stereocenters. The number of aromatic nitrogens is 1. The molecule has 0 fully saturated rings. The van der Waals surface area contributed by atoms with Crippen LogP contribution in [0.2, 0.25) is 0 Å². The van der Waals surface area contributed by atoms with Gasteiger partial charge in [0.25, 0.3) is 0 Å². The van der Waals surface area contributed by atoms with Crippen LogP contribution >= 0.6 is 0 Å². The van der Waals surface area contributed by atoms with Crippen LogP contribution in [0.15, 0.2) is 36.7 Å². The number of hydrogen-bond donors (Lipinski definition) is 0. The molecular formula is C13H10FNO2. The Bertz CT molecular complexity index is 555. The summed E-state index contributed by atoms with van der Waals surface area (Å²) in [6, 6.07) is 5.79. The van der Waals surface area contributed by atoms with Crippen LogP contribution in [0.5, 0.6) is 5.75 Å². The highest BCUT2D eigenvalue weighted by Gasteiger charge is 2.08. The predicted octanol–water partition coefficient (Wildman–Crippen LogP) is 2.71. The van der Waals surface area contributed by atoms with Crippen LogP contribution in [-0.2, 0) is 0 Å². The topological polar surface area (TPSA) is 39.2 Å². The van der Waals surface area contributed by atoms with Crippen LogP contribution in [0.25, 0.3) is 11.1 Å². The summed E-state index contributed by atoms with van der Waals surface area (Å²) in [7, 11) is 1.53. The lowest BCUT2D eigenvalue weighted by atomic mass is 10.0. The van der Waals surface area contributed by atoms with Gasteiger partial charge in [0, 0.05) is 23.5 Å². The first-order valence-electron chi connectivity index (χ1n) is 4.98. The van der Waals surface area contributed by atoms with Crippen LogP contribution in [-0.4, -0.2) is 18.4 Å². The number of hydrogen-bond acceptors (Lipinski definition) is 3. The highest BCUT2D eigenvalue weighted by Crippen LogP contribution is 2.29. The molecule has 0 saturated carbocycles. The molecule has 4 heteroatoms. The van der Waals surface area contributed by atoms with E-state index in [1.54, 1.807) is 24.5 Å². The third kappa shape index (κ3) is 2.30. The lowest BCUT2D eigenvalue weighted by Crippen LogP contribution is -1.91. The average Bonchev–Trinajstić information content (AvgIpc) is 2.37. The summed E-state index contributed by atoms with van der Waals surface area (Å²) < 4.78 is 18.5. The lowest BCUT2D eigenvalue weighted by molar-refractivity contribution is 0.112. The van der Waals surface area contributed by atoms with Crippen molar-refractivity contribution in [3.8, 4) is 16.9 Å². The van der Waals surface area contributed by atoms with E-state index in [9.17, 15) is 9.18 Å². The van der Waals surface area contributed by atoms with Crippen LogP contribution in [0, 0.1) is 5.82 Å². The molecule has 2 aromatic rings. The van der Waals surface area contributed by atoms with Gasteiger partial charge >= 0.3 is 0 Å². The van der Waals surface area contributed by atoms with E-state index >= 15 is 0 Å². The van der Waals surface area contributed by atoms with Gasteiger partial charge in [0.2, 0.25) is 0 Å².